The summed E-state index contributed by atoms with van der Waals surface area (Å²) in [6.07, 6.45) is 1.20. The van der Waals surface area contributed by atoms with E-state index in [1.165, 1.54) is 17.8 Å². The van der Waals surface area contributed by atoms with Gasteiger partial charge in [-0.05, 0) is 38.9 Å². The SMILES string of the molecule is CCn1c(C2CCNC2C)nc2ccccc21. The van der Waals surface area contributed by atoms with Gasteiger partial charge in [-0.2, -0.15) is 0 Å². The van der Waals surface area contributed by atoms with Crippen LogP contribution in [0, 0.1) is 0 Å². The Kier molecular flexibility index (Phi) is 2.63. The summed E-state index contributed by atoms with van der Waals surface area (Å²) in [5, 5.41) is 3.51. The molecule has 2 aromatic rings. The first-order chi connectivity index (χ1) is 8.31. The van der Waals surface area contributed by atoms with Gasteiger partial charge in [0, 0.05) is 18.5 Å². The fraction of sp³-hybridized carbons (Fsp3) is 0.500. The van der Waals surface area contributed by atoms with Gasteiger partial charge >= 0.3 is 0 Å². The summed E-state index contributed by atoms with van der Waals surface area (Å²) >= 11 is 0. The van der Waals surface area contributed by atoms with Crippen molar-refractivity contribution in [3.05, 3.63) is 30.1 Å². The lowest BCUT2D eigenvalue weighted by molar-refractivity contribution is 0.542. The molecule has 3 rings (SSSR count). The molecule has 1 aliphatic heterocycles. The molecule has 1 aliphatic rings. The molecule has 1 fully saturated rings. The summed E-state index contributed by atoms with van der Waals surface area (Å²) in [6, 6.07) is 8.98. The fourth-order valence-corrected chi connectivity index (χ4v) is 2.92. The van der Waals surface area contributed by atoms with Crippen molar-refractivity contribution in [2.24, 2.45) is 0 Å². The molecule has 0 bridgehead atoms. The number of nitrogens with one attached hydrogen (secondary N) is 1. The average Bonchev–Trinajstić information content (AvgIpc) is 2.91. The lowest BCUT2D eigenvalue weighted by Crippen LogP contribution is -2.23. The molecule has 3 heteroatoms. The van der Waals surface area contributed by atoms with E-state index < -0.39 is 0 Å². The zero-order valence-electron chi connectivity index (χ0n) is 10.5. The summed E-state index contributed by atoms with van der Waals surface area (Å²) < 4.78 is 2.36. The zero-order chi connectivity index (χ0) is 11.8. The molecule has 0 spiro atoms. The van der Waals surface area contributed by atoms with E-state index in [4.69, 9.17) is 4.98 Å². The second-order valence-electron chi connectivity index (χ2n) is 4.84. The number of rotatable bonds is 2. The molecule has 0 aliphatic carbocycles. The first-order valence-electron chi connectivity index (χ1n) is 6.49. The van der Waals surface area contributed by atoms with Crippen molar-refractivity contribution in [3.8, 4) is 0 Å². The Morgan fingerprint density at radius 3 is 2.94 bits per heavy atom. The van der Waals surface area contributed by atoms with E-state index in [0.29, 0.717) is 12.0 Å². The predicted octanol–water partition coefficient (Wildman–Crippen LogP) is 2.52. The quantitative estimate of drug-likeness (QED) is 0.857. The first-order valence-corrected chi connectivity index (χ1v) is 6.49. The number of hydrogen-bond acceptors (Lipinski definition) is 2. The third kappa shape index (κ3) is 1.65. The minimum atomic E-state index is 0.539. The second-order valence-corrected chi connectivity index (χ2v) is 4.84. The van der Waals surface area contributed by atoms with Crippen LogP contribution in [0.5, 0.6) is 0 Å². The smallest absolute Gasteiger partial charge is 0.114 e. The largest absolute Gasteiger partial charge is 0.328 e. The molecule has 1 N–H and O–H groups in total. The van der Waals surface area contributed by atoms with Gasteiger partial charge in [-0.25, -0.2) is 4.98 Å². The van der Waals surface area contributed by atoms with Crippen LogP contribution in [-0.4, -0.2) is 22.1 Å². The Bertz CT molecular complexity index is 529. The second kappa shape index (κ2) is 4.15. The van der Waals surface area contributed by atoms with Crippen LogP contribution in [0.4, 0.5) is 0 Å². The van der Waals surface area contributed by atoms with Crippen LogP contribution < -0.4 is 5.32 Å². The van der Waals surface area contributed by atoms with E-state index >= 15 is 0 Å². The number of aryl methyl sites for hydroxylation is 1. The molecule has 0 amide bonds. The molecule has 1 aromatic heterocycles. The Morgan fingerprint density at radius 2 is 2.24 bits per heavy atom. The maximum Gasteiger partial charge on any atom is 0.114 e. The molecule has 1 saturated heterocycles. The molecule has 2 unspecified atom stereocenters. The van der Waals surface area contributed by atoms with Crippen LogP contribution in [0.3, 0.4) is 0 Å². The Hall–Kier alpha value is -1.35. The van der Waals surface area contributed by atoms with E-state index in [2.05, 4.69) is 48.0 Å². The minimum Gasteiger partial charge on any atom is -0.328 e. The highest BCUT2D eigenvalue weighted by molar-refractivity contribution is 5.76. The Balaban J connectivity index is 2.15. The topological polar surface area (TPSA) is 29.9 Å². The summed E-state index contributed by atoms with van der Waals surface area (Å²) in [7, 11) is 0. The highest BCUT2D eigenvalue weighted by Gasteiger charge is 2.28. The van der Waals surface area contributed by atoms with Crippen LogP contribution in [0.25, 0.3) is 11.0 Å². The van der Waals surface area contributed by atoms with Gasteiger partial charge in [-0.15, -0.1) is 0 Å². The highest BCUT2D eigenvalue weighted by atomic mass is 15.1. The van der Waals surface area contributed by atoms with Gasteiger partial charge in [0.2, 0.25) is 0 Å². The van der Waals surface area contributed by atoms with Crippen LogP contribution >= 0.6 is 0 Å². The highest BCUT2D eigenvalue weighted by Crippen LogP contribution is 2.29. The normalized spacial score (nSPS) is 24.6. The maximum absolute atomic E-state index is 4.84. The number of imidazole rings is 1. The Morgan fingerprint density at radius 1 is 1.41 bits per heavy atom. The number of aromatic nitrogens is 2. The van der Waals surface area contributed by atoms with Crippen molar-refractivity contribution < 1.29 is 0 Å². The van der Waals surface area contributed by atoms with Gasteiger partial charge < -0.3 is 9.88 Å². The van der Waals surface area contributed by atoms with E-state index in [1.54, 1.807) is 0 Å². The van der Waals surface area contributed by atoms with Gasteiger partial charge in [0.15, 0.2) is 0 Å². The van der Waals surface area contributed by atoms with E-state index in [0.717, 1.165) is 18.6 Å². The van der Waals surface area contributed by atoms with Gasteiger partial charge in [-0.3, -0.25) is 0 Å². The number of hydrogen-bond donors (Lipinski definition) is 1. The standard InChI is InChI=1S/C14H19N3/c1-3-17-13-7-5-4-6-12(13)16-14(17)11-8-9-15-10(11)2/h4-7,10-11,15H,3,8-9H2,1-2H3. The molecule has 2 heterocycles. The van der Waals surface area contributed by atoms with Crippen LogP contribution in [0.2, 0.25) is 0 Å². The van der Waals surface area contributed by atoms with Crippen molar-refractivity contribution in [2.75, 3.05) is 6.54 Å². The predicted molar refractivity (Wildman–Crippen MR) is 70.2 cm³/mol. The van der Waals surface area contributed by atoms with Gasteiger partial charge in [0.1, 0.15) is 5.82 Å². The number of fused-ring (bicyclic) bond motifs is 1. The number of nitrogens with zero attached hydrogens (tertiary/aromatic N) is 2. The number of benzene rings is 1. The molecule has 0 radical (unpaired) electrons. The lowest BCUT2D eigenvalue weighted by atomic mass is 10.0. The summed E-state index contributed by atoms with van der Waals surface area (Å²) in [6.45, 7) is 6.57. The molecule has 3 nitrogen and oxygen atoms in total. The summed E-state index contributed by atoms with van der Waals surface area (Å²) in [5.41, 5.74) is 2.40. The van der Waals surface area contributed by atoms with Crippen LogP contribution in [0.1, 0.15) is 32.0 Å². The van der Waals surface area contributed by atoms with E-state index in [-0.39, 0.29) is 0 Å². The summed E-state index contributed by atoms with van der Waals surface area (Å²) in [4.78, 5) is 4.84. The number of para-hydroxylation sites is 2. The van der Waals surface area contributed by atoms with Crippen LogP contribution in [-0.2, 0) is 6.54 Å². The van der Waals surface area contributed by atoms with Crippen molar-refractivity contribution in [2.45, 2.75) is 38.8 Å². The zero-order valence-corrected chi connectivity index (χ0v) is 10.5. The van der Waals surface area contributed by atoms with Gasteiger partial charge in [0.05, 0.1) is 11.0 Å². The fourth-order valence-electron chi connectivity index (χ4n) is 2.92. The average molecular weight is 229 g/mol. The molecular weight excluding hydrogens is 210 g/mol. The molecule has 17 heavy (non-hydrogen) atoms. The molecule has 90 valence electrons. The van der Waals surface area contributed by atoms with E-state index in [9.17, 15) is 0 Å². The van der Waals surface area contributed by atoms with Gasteiger partial charge in [-0.1, -0.05) is 12.1 Å². The third-order valence-electron chi connectivity index (χ3n) is 3.86. The van der Waals surface area contributed by atoms with Crippen molar-refractivity contribution in [1.82, 2.24) is 14.9 Å². The van der Waals surface area contributed by atoms with E-state index in [1.807, 2.05) is 0 Å². The molecule has 2 atom stereocenters. The molecular formula is C14H19N3. The van der Waals surface area contributed by atoms with Crippen molar-refractivity contribution >= 4 is 11.0 Å². The minimum absolute atomic E-state index is 0.539. The lowest BCUT2D eigenvalue weighted by Gasteiger charge is -2.16. The first kappa shape index (κ1) is 10.8. The maximum atomic E-state index is 4.84. The van der Waals surface area contributed by atoms with Gasteiger partial charge in [0.25, 0.3) is 0 Å². The Labute approximate surface area is 102 Å². The summed E-state index contributed by atoms with van der Waals surface area (Å²) in [5.74, 6) is 1.81. The van der Waals surface area contributed by atoms with Crippen LogP contribution in [0.15, 0.2) is 24.3 Å². The van der Waals surface area contributed by atoms with Crippen molar-refractivity contribution in [3.63, 3.8) is 0 Å². The molecule has 1 aromatic carbocycles. The third-order valence-corrected chi connectivity index (χ3v) is 3.86. The van der Waals surface area contributed by atoms with Crippen molar-refractivity contribution in [1.29, 1.82) is 0 Å². The molecule has 0 saturated carbocycles. The monoisotopic (exact) mass is 229 g/mol.